The minimum absolute atomic E-state index is 0.00184. The maximum absolute atomic E-state index is 12.2. The molecule has 1 aromatic carbocycles. The number of hydrogen-bond donors (Lipinski definition) is 2. The van der Waals surface area contributed by atoms with Crippen molar-refractivity contribution in [2.45, 2.75) is 26.8 Å². The standard InChI is InChI=1S/C19H21N3O3/c1-13(2)7-8-21-19(25)14(10-20)9-15-11-22(12-18(23)24)17-6-4-3-5-16(15)17/h3-6,9,11,13H,7-8,12H2,1-2H3,(H,21,25)(H,23,24)/b14-9+. The molecule has 0 aliphatic rings. The first-order valence-corrected chi connectivity index (χ1v) is 8.12. The van der Waals surface area contributed by atoms with Crippen molar-refractivity contribution in [3.63, 3.8) is 0 Å². The number of hydrogen-bond acceptors (Lipinski definition) is 3. The van der Waals surface area contributed by atoms with Crippen molar-refractivity contribution < 1.29 is 14.7 Å². The molecule has 0 saturated carbocycles. The molecule has 130 valence electrons. The summed E-state index contributed by atoms with van der Waals surface area (Å²) >= 11 is 0. The van der Waals surface area contributed by atoms with Gasteiger partial charge in [-0.05, 0) is 24.5 Å². The fraction of sp³-hybridized carbons (Fsp3) is 0.316. The highest BCUT2D eigenvalue weighted by atomic mass is 16.4. The summed E-state index contributed by atoms with van der Waals surface area (Å²) in [5.74, 6) is -0.912. The maximum atomic E-state index is 12.2. The summed E-state index contributed by atoms with van der Waals surface area (Å²) < 4.78 is 1.59. The van der Waals surface area contributed by atoms with Gasteiger partial charge < -0.3 is 15.0 Å². The summed E-state index contributed by atoms with van der Waals surface area (Å²) in [4.78, 5) is 23.2. The Morgan fingerprint density at radius 3 is 2.72 bits per heavy atom. The Hall–Kier alpha value is -3.07. The third-order valence-electron chi connectivity index (χ3n) is 3.80. The molecule has 0 aliphatic heterocycles. The van der Waals surface area contributed by atoms with E-state index in [1.165, 1.54) is 6.08 Å². The molecule has 0 bridgehead atoms. The number of aliphatic carboxylic acids is 1. The van der Waals surface area contributed by atoms with E-state index in [1.54, 1.807) is 10.8 Å². The number of nitrogens with one attached hydrogen (secondary N) is 1. The van der Waals surface area contributed by atoms with E-state index in [2.05, 4.69) is 19.2 Å². The molecule has 0 spiro atoms. The predicted molar refractivity (Wildman–Crippen MR) is 95.6 cm³/mol. The van der Waals surface area contributed by atoms with Crippen molar-refractivity contribution in [1.82, 2.24) is 9.88 Å². The van der Waals surface area contributed by atoms with Crippen molar-refractivity contribution in [3.05, 3.63) is 41.6 Å². The van der Waals surface area contributed by atoms with Gasteiger partial charge in [0.2, 0.25) is 0 Å². The van der Waals surface area contributed by atoms with Gasteiger partial charge in [-0.1, -0.05) is 32.0 Å². The largest absolute Gasteiger partial charge is 0.480 e. The molecule has 0 saturated heterocycles. The van der Waals surface area contributed by atoms with Crippen LogP contribution in [0.4, 0.5) is 0 Å². The monoisotopic (exact) mass is 339 g/mol. The highest BCUT2D eigenvalue weighted by molar-refractivity contribution is 6.04. The average Bonchev–Trinajstić information content (AvgIpc) is 2.89. The second-order valence-electron chi connectivity index (χ2n) is 6.23. The molecule has 2 rings (SSSR count). The van der Waals surface area contributed by atoms with Crippen LogP contribution in [0.25, 0.3) is 17.0 Å². The zero-order valence-electron chi connectivity index (χ0n) is 14.3. The fourth-order valence-electron chi connectivity index (χ4n) is 2.54. The van der Waals surface area contributed by atoms with Crippen molar-refractivity contribution in [2.75, 3.05) is 6.54 Å². The van der Waals surface area contributed by atoms with Crippen LogP contribution in [0, 0.1) is 17.2 Å². The Balaban J connectivity index is 2.33. The van der Waals surface area contributed by atoms with Crippen molar-refractivity contribution in [1.29, 1.82) is 5.26 Å². The average molecular weight is 339 g/mol. The van der Waals surface area contributed by atoms with Gasteiger partial charge >= 0.3 is 5.97 Å². The number of nitrogens with zero attached hydrogens (tertiary/aromatic N) is 2. The Bertz CT molecular complexity index is 856. The highest BCUT2D eigenvalue weighted by Gasteiger charge is 2.13. The van der Waals surface area contributed by atoms with Crippen molar-refractivity contribution >= 4 is 28.9 Å². The molecule has 1 heterocycles. The van der Waals surface area contributed by atoms with Crippen LogP contribution in [0.2, 0.25) is 0 Å². The van der Waals surface area contributed by atoms with E-state index < -0.39 is 11.9 Å². The molecule has 0 atom stereocenters. The smallest absolute Gasteiger partial charge is 0.323 e. The number of rotatable bonds is 7. The summed E-state index contributed by atoms with van der Waals surface area (Å²) in [6.07, 6.45) is 3.99. The molecule has 1 amide bonds. The number of carbonyl (C=O) groups excluding carboxylic acids is 1. The lowest BCUT2D eigenvalue weighted by atomic mass is 10.1. The Labute approximate surface area is 146 Å². The second-order valence-corrected chi connectivity index (χ2v) is 6.23. The summed E-state index contributed by atoms with van der Waals surface area (Å²) in [5, 5.41) is 21.9. The second kappa shape index (κ2) is 8.15. The molecule has 0 fully saturated rings. The first kappa shape index (κ1) is 18.3. The summed E-state index contributed by atoms with van der Waals surface area (Å²) in [6, 6.07) is 9.23. The van der Waals surface area contributed by atoms with Gasteiger partial charge in [0.05, 0.1) is 0 Å². The Morgan fingerprint density at radius 2 is 2.08 bits per heavy atom. The molecular formula is C19H21N3O3. The molecule has 6 heteroatoms. The maximum Gasteiger partial charge on any atom is 0.323 e. The predicted octanol–water partition coefficient (Wildman–Crippen LogP) is 2.80. The van der Waals surface area contributed by atoms with Crippen LogP contribution in [-0.2, 0) is 16.1 Å². The van der Waals surface area contributed by atoms with Gasteiger partial charge in [0, 0.05) is 29.2 Å². The number of amides is 1. The molecule has 0 unspecified atom stereocenters. The summed E-state index contributed by atoms with van der Waals surface area (Å²) in [6.45, 7) is 4.45. The number of benzene rings is 1. The lowest BCUT2D eigenvalue weighted by Gasteiger charge is -2.06. The lowest BCUT2D eigenvalue weighted by Crippen LogP contribution is -2.26. The van der Waals surface area contributed by atoms with Crippen LogP contribution in [0.15, 0.2) is 36.0 Å². The fourth-order valence-corrected chi connectivity index (χ4v) is 2.54. The number of carboxylic acids is 1. The third-order valence-corrected chi connectivity index (χ3v) is 3.80. The van der Waals surface area contributed by atoms with E-state index in [4.69, 9.17) is 5.11 Å². The van der Waals surface area contributed by atoms with E-state index in [0.29, 0.717) is 18.0 Å². The van der Waals surface area contributed by atoms with Crippen LogP contribution in [0.5, 0.6) is 0 Å². The third kappa shape index (κ3) is 4.70. The van der Waals surface area contributed by atoms with E-state index in [0.717, 1.165) is 17.3 Å². The minimum atomic E-state index is -0.955. The van der Waals surface area contributed by atoms with Crippen LogP contribution >= 0.6 is 0 Å². The summed E-state index contributed by atoms with van der Waals surface area (Å²) in [5.41, 5.74) is 1.39. The van der Waals surface area contributed by atoms with E-state index in [1.807, 2.05) is 30.3 Å². The van der Waals surface area contributed by atoms with Crippen LogP contribution in [0.1, 0.15) is 25.8 Å². The molecule has 0 radical (unpaired) electrons. The first-order valence-electron chi connectivity index (χ1n) is 8.12. The quantitative estimate of drug-likeness (QED) is 0.599. The molecule has 2 aromatic rings. The van der Waals surface area contributed by atoms with E-state index in [-0.39, 0.29) is 12.1 Å². The number of aromatic nitrogens is 1. The Kier molecular flexibility index (Phi) is 5.96. The first-order chi connectivity index (χ1) is 11.9. The minimum Gasteiger partial charge on any atom is -0.480 e. The van der Waals surface area contributed by atoms with E-state index >= 15 is 0 Å². The van der Waals surface area contributed by atoms with Gasteiger partial charge in [-0.15, -0.1) is 0 Å². The number of nitriles is 1. The molecule has 25 heavy (non-hydrogen) atoms. The Morgan fingerprint density at radius 1 is 1.36 bits per heavy atom. The molecule has 2 N–H and O–H groups in total. The van der Waals surface area contributed by atoms with Crippen LogP contribution in [-0.4, -0.2) is 28.1 Å². The molecule has 6 nitrogen and oxygen atoms in total. The molecular weight excluding hydrogens is 318 g/mol. The summed E-state index contributed by atoms with van der Waals surface area (Å²) in [7, 11) is 0. The SMILES string of the molecule is CC(C)CCNC(=O)/C(C#N)=C/c1cn(CC(=O)O)c2ccccc12. The van der Waals surface area contributed by atoms with Crippen molar-refractivity contribution in [2.24, 2.45) is 5.92 Å². The number of carboxylic acid groups (broad SMARTS) is 1. The molecule has 1 aromatic heterocycles. The van der Waals surface area contributed by atoms with Gasteiger partial charge in [0.25, 0.3) is 5.91 Å². The normalized spacial score (nSPS) is 11.5. The van der Waals surface area contributed by atoms with Crippen molar-refractivity contribution in [3.8, 4) is 6.07 Å². The highest BCUT2D eigenvalue weighted by Crippen LogP contribution is 2.23. The van der Waals surface area contributed by atoms with Crippen LogP contribution < -0.4 is 5.32 Å². The topological polar surface area (TPSA) is 95.1 Å². The van der Waals surface area contributed by atoms with Gasteiger partial charge in [-0.2, -0.15) is 5.26 Å². The zero-order chi connectivity index (χ0) is 18.4. The number of fused-ring (bicyclic) bond motifs is 1. The van der Waals surface area contributed by atoms with Gasteiger partial charge in [-0.3, -0.25) is 9.59 Å². The van der Waals surface area contributed by atoms with Crippen LogP contribution in [0.3, 0.4) is 0 Å². The number of para-hydroxylation sites is 1. The lowest BCUT2D eigenvalue weighted by molar-refractivity contribution is -0.137. The molecule has 0 aliphatic carbocycles. The zero-order valence-corrected chi connectivity index (χ0v) is 14.3. The van der Waals surface area contributed by atoms with Gasteiger partial charge in [-0.25, -0.2) is 0 Å². The van der Waals surface area contributed by atoms with E-state index in [9.17, 15) is 14.9 Å². The number of carbonyl (C=O) groups is 2. The van der Waals surface area contributed by atoms with Gasteiger partial charge in [0.15, 0.2) is 0 Å². The van der Waals surface area contributed by atoms with Gasteiger partial charge in [0.1, 0.15) is 18.2 Å².